The molecule has 2 fully saturated rings. The van der Waals surface area contributed by atoms with Crippen LogP contribution in [0.25, 0.3) is 0 Å². The molecular formula is C18H26N2O3S. The van der Waals surface area contributed by atoms with Crippen molar-refractivity contribution in [1.29, 1.82) is 0 Å². The average molecular weight is 350 g/mol. The van der Waals surface area contributed by atoms with Crippen LogP contribution < -0.4 is 10.0 Å². The minimum Gasteiger partial charge on any atom is -0.349 e. The monoisotopic (exact) mass is 350 g/mol. The van der Waals surface area contributed by atoms with Crippen molar-refractivity contribution in [3.8, 4) is 0 Å². The highest BCUT2D eigenvalue weighted by Crippen LogP contribution is 2.21. The smallest absolute Gasteiger partial charge is 0.251 e. The van der Waals surface area contributed by atoms with Gasteiger partial charge in [0.25, 0.3) is 5.91 Å². The van der Waals surface area contributed by atoms with Crippen LogP contribution in [0.5, 0.6) is 0 Å². The standard InChI is InChI=1S/C18H26N2O3S/c21-18(19-15-6-2-1-3-7-15)14-10-12-17(13-11-14)24(22,23)20-16-8-4-5-9-16/h10-13,15-16,20H,1-9H2,(H,19,21). The maximum absolute atomic E-state index is 12.4. The highest BCUT2D eigenvalue weighted by atomic mass is 32.2. The molecule has 2 saturated carbocycles. The van der Waals surface area contributed by atoms with Crippen molar-refractivity contribution >= 4 is 15.9 Å². The second-order valence-electron chi connectivity index (χ2n) is 6.94. The molecule has 1 aromatic rings. The normalized spacial score (nSPS) is 20.2. The molecule has 0 aromatic heterocycles. The first-order chi connectivity index (χ1) is 11.5. The first-order valence-corrected chi connectivity index (χ1v) is 10.5. The van der Waals surface area contributed by atoms with Gasteiger partial charge in [-0.1, -0.05) is 32.1 Å². The molecule has 2 aliphatic rings. The van der Waals surface area contributed by atoms with Crippen LogP contribution in [-0.4, -0.2) is 26.4 Å². The predicted molar refractivity (Wildman–Crippen MR) is 93.4 cm³/mol. The zero-order valence-electron chi connectivity index (χ0n) is 14.0. The van der Waals surface area contributed by atoms with Crippen molar-refractivity contribution in [2.75, 3.05) is 0 Å². The second kappa shape index (κ2) is 7.66. The number of hydrogen-bond acceptors (Lipinski definition) is 3. The maximum atomic E-state index is 12.4. The van der Waals surface area contributed by atoms with Crippen molar-refractivity contribution in [2.24, 2.45) is 0 Å². The summed E-state index contributed by atoms with van der Waals surface area (Å²) in [6.07, 6.45) is 9.59. The van der Waals surface area contributed by atoms with Gasteiger partial charge in [0.2, 0.25) is 10.0 Å². The average Bonchev–Trinajstić information content (AvgIpc) is 3.08. The van der Waals surface area contributed by atoms with E-state index in [1.165, 1.54) is 18.6 Å². The molecule has 0 bridgehead atoms. The van der Waals surface area contributed by atoms with E-state index >= 15 is 0 Å². The number of hydrogen-bond donors (Lipinski definition) is 2. The van der Waals surface area contributed by atoms with Crippen LogP contribution >= 0.6 is 0 Å². The number of sulfonamides is 1. The Kier molecular flexibility index (Phi) is 5.56. The van der Waals surface area contributed by atoms with E-state index in [0.717, 1.165) is 51.4 Å². The summed E-state index contributed by atoms with van der Waals surface area (Å²) < 4.78 is 27.5. The van der Waals surface area contributed by atoms with Crippen LogP contribution in [0.3, 0.4) is 0 Å². The second-order valence-corrected chi connectivity index (χ2v) is 8.65. The van der Waals surface area contributed by atoms with Gasteiger partial charge in [-0.15, -0.1) is 0 Å². The maximum Gasteiger partial charge on any atom is 0.251 e. The van der Waals surface area contributed by atoms with Crippen LogP contribution in [0.15, 0.2) is 29.2 Å². The summed E-state index contributed by atoms with van der Waals surface area (Å²) in [6.45, 7) is 0. The van der Waals surface area contributed by atoms with Gasteiger partial charge in [-0.25, -0.2) is 13.1 Å². The number of carbonyl (C=O) groups excluding carboxylic acids is 1. The Morgan fingerprint density at radius 1 is 0.833 bits per heavy atom. The third-order valence-electron chi connectivity index (χ3n) is 5.04. The van der Waals surface area contributed by atoms with E-state index in [0.29, 0.717) is 5.56 Å². The Bertz CT molecular complexity index is 658. The van der Waals surface area contributed by atoms with Gasteiger partial charge in [0, 0.05) is 17.6 Å². The van der Waals surface area contributed by atoms with Gasteiger partial charge < -0.3 is 5.32 Å². The number of benzene rings is 1. The summed E-state index contributed by atoms with van der Waals surface area (Å²) in [6, 6.07) is 6.53. The molecule has 1 amide bonds. The first kappa shape index (κ1) is 17.4. The largest absolute Gasteiger partial charge is 0.349 e. The Morgan fingerprint density at radius 2 is 1.38 bits per heavy atom. The van der Waals surface area contributed by atoms with Crippen molar-refractivity contribution in [3.63, 3.8) is 0 Å². The Labute approximate surface area is 144 Å². The van der Waals surface area contributed by atoms with E-state index < -0.39 is 10.0 Å². The summed E-state index contributed by atoms with van der Waals surface area (Å²) in [5.74, 6) is -0.116. The minimum atomic E-state index is -3.50. The van der Waals surface area contributed by atoms with E-state index in [-0.39, 0.29) is 22.9 Å². The van der Waals surface area contributed by atoms with Gasteiger partial charge in [0.1, 0.15) is 0 Å². The molecule has 132 valence electrons. The lowest BCUT2D eigenvalue weighted by Gasteiger charge is -2.22. The molecule has 5 nitrogen and oxygen atoms in total. The van der Waals surface area contributed by atoms with Gasteiger partial charge >= 0.3 is 0 Å². The van der Waals surface area contributed by atoms with Crippen molar-refractivity contribution < 1.29 is 13.2 Å². The zero-order chi connectivity index (χ0) is 17.0. The van der Waals surface area contributed by atoms with Gasteiger partial charge in [-0.3, -0.25) is 4.79 Å². The first-order valence-electron chi connectivity index (χ1n) is 8.98. The molecule has 3 rings (SSSR count). The predicted octanol–water partition coefficient (Wildman–Crippen LogP) is 2.97. The zero-order valence-corrected chi connectivity index (χ0v) is 14.8. The van der Waals surface area contributed by atoms with Crippen LogP contribution in [0, 0.1) is 0 Å². The van der Waals surface area contributed by atoms with Gasteiger partial charge in [0.15, 0.2) is 0 Å². The van der Waals surface area contributed by atoms with Crippen LogP contribution in [0.4, 0.5) is 0 Å². The summed E-state index contributed by atoms with van der Waals surface area (Å²) in [5, 5.41) is 3.05. The Balaban J connectivity index is 1.62. The number of rotatable bonds is 5. The third kappa shape index (κ3) is 4.36. The van der Waals surface area contributed by atoms with E-state index in [4.69, 9.17) is 0 Å². The summed E-state index contributed by atoms with van der Waals surface area (Å²) in [5.41, 5.74) is 0.514. The summed E-state index contributed by atoms with van der Waals surface area (Å²) in [7, 11) is -3.50. The molecule has 2 aliphatic carbocycles. The highest BCUT2D eigenvalue weighted by molar-refractivity contribution is 7.89. The van der Waals surface area contributed by atoms with E-state index in [1.807, 2.05) is 0 Å². The van der Waals surface area contributed by atoms with Crippen LogP contribution in [0.2, 0.25) is 0 Å². The lowest BCUT2D eigenvalue weighted by Crippen LogP contribution is -2.36. The molecule has 0 unspecified atom stereocenters. The number of nitrogens with one attached hydrogen (secondary N) is 2. The van der Waals surface area contributed by atoms with E-state index in [1.54, 1.807) is 12.1 Å². The van der Waals surface area contributed by atoms with Crippen molar-refractivity contribution in [3.05, 3.63) is 29.8 Å². The fourth-order valence-corrected chi connectivity index (χ4v) is 4.94. The van der Waals surface area contributed by atoms with Crippen molar-refractivity contribution in [1.82, 2.24) is 10.0 Å². The SMILES string of the molecule is O=C(NC1CCCCC1)c1ccc(S(=O)(=O)NC2CCCC2)cc1. The fraction of sp³-hybridized carbons (Fsp3) is 0.611. The molecule has 0 radical (unpaired) electrons. The molecule has 0 aliphatic heterocycles. The summed E-state index contributed by atoms with van der Waals surface area (Å²) in [4.78, 5) is 12.5. The fourth-order valence-electron chi connectivity index (χ4n) is 3.63. The molecule has 0 saturated heterocycles. The lowest BCUT2D eigenvalue weighted by molar-refractivity contribution is 0.0927. The van der Waals surface area contributed by atoms with Gasteiger partial charge in [0.05, 0.1) is 4.90 Å². The van der Waals surface area contributed by atoms with Crippen LogP contribution in [0.1, 0.15) is 68.1 Å². The molecule has 1 aromatic carbocycles. The van der Waals surface area contributed by atoms with Gasteiger partial charge in [-0.05, 0) is 49.9 Å². The molecule has 0 heterocycles. The third-order valence-corrected chi connectivity index (χ3v) is 6.58. The Hall–Kier alpha value is -1.40. The van der Waals surface area contributed by atoms with E-state index in [9.17, 15) is 13.2 Å². The van der Waals surface area contributed by atoms with Gasteiger partial charge in [-0.2, -0.15) is 0 Å². The molecule has 0 spiro atoms. The quantitative estimate of drug-likeness (QED) is 0.857. The highest BCUT2D eigenvalue weighted by Gasteiger charge is 2.23. The van der Waals surface area contributed by atoms with E-state index in [2.05, 4.69) is 10.0 Å². The lowest BCUT2D eigenvalue weighted by atomic mass is 9.95. The number of carbonyl (C=O) groups is 1. The van der Waals surface area contributed by atoms with Crippen LogP contribution in [-0.2, 0) is 10.0 Å². The summed E-state index contributed by atoms with van der Waals surface area (Å²) >= 11 is 0. The molecule has 2 N–H and O–H groups in total. The molecule has 6 heteroatoms. The topological polar surface area (TPSA) is 75.3 Å². The molecular weight excluding hydrogens is 324 g/mol. The van der Waals surface area contributed by atoms with Crippen molar-refractivity contribution in [2.45, 2.75) is 74.8 Å². The molecule has 24 heavy (non-hydrogen) atoms. The number of amides is 1. The Morgan fingerprint density at radius 3 is 2.00 bits per heavy atom. The molecule has 0 atom stereocenters. The minimum absolute atomic E-state index is 0.0456.